The highest BCUT2D eigenvalue weighted by Crippen LogP contribution is 2.27. The molecule has 10 heteroatoms. The molecule has 22 heavy (non-hydrogen) atoms. The van der Waals surface area contributed by atoms with Gasteiger partial charge in [0.15, 0.2) is 4.34 Å². The summed E-state index contributed by atoms with van der Waals surface area (Å²) in [7, 11) is 0. The average molecular weight is 343 g/mol. The number of carbonyl (C=O) groups excluding carboxylic acids is 2. The molecule has 120 valence electrons. The fourth-order valence-corrected chi connectivity index (χ4v) is 3.59. The normalized spacial score (nSPS) is 17.9. The molecule has 2 amide bonds. The molecule has 0 fully saturated rings. The largest absolute Gasteiger partial charge is 0.463 e. The lowest BCUT2D eigenvalue weighted by molar-refractivity contribution is -0.139. The molecule has 0 saturated heterocycles. The summed E-state index contributed by atoms with van der Waals surface area (Å²) in [5.41, 5.74) is 6.52. The van der Waals surface area contributed by atoms with Crippen molar-refractivity contribution in [2.24, 2.45) is 0 Å². The van der Waals surface area contributed by atoms with Crippen LogP contribution in [0.15, 0.2) is 15.6 Å². The standard InChI is InChI=1S/C12H17N5O3S2/c1-3-6-8(9(18)20-4-2)7(15-11(19)14-6)5-21-12-17-16-10(13)22-12/h6H,3-5H2,1-2H3,(H2,13,16)(H2,14,15,19)/t6-/m0/s1. The van der Waals surface area contributed by atoms with Gasteiger partial charge in [-0.3, -0.25) is 0 Å². The Labute approximate surface area is 135 Å². The van der Waals surface area contributed by atoms with E-state index in [1.807, 2.05) is 6.92 Å². The van der Waals surface area contributed by atoms with Crippen molar-refractivity contribution in [2.45, 2.75) is 30.6 Å². The first kappa shape index (κ1) is 16.6. The van der Waals surface area contributed by atoms with E-state index >= 15 is 0 Å². The molecular formula is C12H17N5O3S2. The maximum Gasteiger partial charge on any atom is 0.337 e. The lowest BCUT2D eigenvalue weighted by Crippen LogP contribution is -2.50. The van der Waals surface area contributed by atoms with Crippen molar-refractivity contribution >= 4 is 40.2 Å². The van der Waals surface area contributed by atoms with Crippen LogP contribution < -0.4 is 16.4 Å². The van der Waals surface area contributed by atoms with E-state index in [9.17, 15) is 9.59 Å². The van der Waals surface area contributed by atoms with Gasteiger partial charge in [-0.1, -0.05) is 30.0 Å². The fraction of sp³-hybridized carbons (Fsp3) is 0.500. The number of nitrogens with two attached hydrogens (primary N) is 1. The number of nitrogens with zero attached hydrogens (tertiary/aromatic N) is 2. The minimum absolute atomic E-state index is 0.278. The molecule has 1 aromatic rings. The molecule has 0 spiro atoms. The summed E-state index contributed by atoms with van der Waals surface area (Å²) in [6.45, 7) is 3.92. The van der Waals surface area contributed by atoms with Crippen LogP contribution in [-0.4, -0.2) is 40.6 Å². The molecule has 0 radical (unpaired) electrons. The summed E-state index contributed by atoms with van der Waals surface area (Å²) in [6, 6.07) is -0.685. The van der Waals surface area contributed by atoms with E-state index in [0.29, 0.717) is 32.9 Å². The molecule has 0 aliphatic carbocycles. The number of nitrogen functional groups attached to an aromatic ring is 1. The Balaban J connectivity index is 2.22. The molecule has 1 aromatic heterocycles. The monoisotopic (exact) mass is 343 g/mol. The first-order chi connectivity index (χ1) is 10.5. The van der Waals surface area contributed by atoms with Crippen molar-refractivity contribution < 1.29 is 14.3 Å². The second-order valence-electron chi connectivity index (χ2n) is 4.37. The Bertz CT molecular complexity index is 601. The Morgan fingerprint density at radius 3 is 2.82 bits per heavy atom. The second-order valence-corrected chi connectivity index (χ2v) is 6.60. The lowest BCUT2D eigenvalue weighted by atomic mass is 10.0. The number of rotatable bonds is 6. The van der Waals surface area contributed by atoms with Crippen molar-refractivity contribution in [3.05, 3.63) is 11.3 Å². The van der Waals surface area contributed by atoms with Crippen LogP contribution in [-0.2, 0) is 9.53 Å². The van der Waals surface area contributed by atoms with Gasteiger partial charge >= 0.3 is 12.0 Å². The van der Waals surface area contributed by atoms with E-state index in [4.69, 9.17) is 10.5 Å². The molecule has 1 atom stereocenters. The first-order valence-corrected chi connectivity index (χ1v) is 8.54. The van der Waals surface area contributed by atoms with Crippen molar-refractivity contribution in [3.63, 3.8) is 0 Å². The van der Waals surface area contributed by atoms with E-state index < -0.39 is 5.97 Å². The Hall–Kier alpha value is -1.81. The van der Waals surface area contributed by atoms with Gasteiger partial charge in [0.25, 0.3) is 0 Å². The highest BCUT2D eigenvalue weighted by molar-refractivity contribution is 8.01. The smallest absolute Gasteiger partial charge is 0.337 e. The third-order valence-electron chi connectivity index (χ3n) is 2.91. The van der Waals surface area contributed by atoms with Crippen LogP contribution in [0.3, 0.4) is 0 Å². The predicted molar refractivity (Wildman–Crippen MR) is 84.5 cm³/mol. The molecule has 1 aliphatic heterocycles. The number of carbonyl (C=O) groups is 2. The number of nitrogens with one attached hydrogen (secondary N) is 2. The highest BCUT2D eigenvalue weighted by atomic mass is 32.2. The van der Waals surface area contributed by atoms with Gasteiger partial charge in [0.05, 0.1) is 18.2 Å². The van der Waals surface area contributed by atoms with Crippen molar-refractivity contribution in [1.82, 2.24) is 20.8 Å². The van der Waals surface area contributed by atoms with Gasteiger partial charge in [-0.05, 0) is 13.3 Å². The molecule has 2 rings (SSSR count). The van der Waals surface area contributed by atoms with Crippen molar-refractivity contribution in [1.29, 1.82) is 0 Å². The van der Waals surface area contributed by atoms with Crippen LogP contribution in [0.4, 0.5) is 9.93 Å². The average Bonchev–Trinajstić information content (AvgIpc) is 2.90. The Kier molecular flexibility index (Phi) is 5.61. The molecule has 0 unspecified atom stereocenters. The van der Waals surface area contributed by atoms with Gasteiger partial charge in [-0.15, -0.1) is 10.2 Å². The summed E-state index contributed by atoms with van der Waals surface area (Å²) in [6.07, 6.45) is 0.599. The minimum Gasteiger partial charge on any atom is -0.463 e. The van der Waals surface area contributed by atoms with E-state index in [0.717, 1.165) is 0 Å². The second kappa shape index (κ2) is 7.45. The third-order valence-corrected chi connectivity index (χ3v) is 4.82. The van der Waals surface area contributed by atoms with Crippen LogP contribution >= 0.6 is 23.1 Å². The number of hydrogen-bond acceptors (Lipinski definition) is 8. The summed E-state index contributed by atoms with van der Waals surface area (Å²) < 4.78 is 5.77. The molecule has 0 aromatic carbocycles. The molecule has 1 aliphatic rings. The van der Waals surface area contributed by atoms with Crippen molar-refractivity contribution in [3.8, 4) is 0 Å². The van der Waals surface area contributed by atoms with Crippen LogP contribution in [0, 0.1) is 0 Å². The summed E-state index contributed by atoms with van der Waals surface area (Å²) in [5.74, 6) is -0.0404. The number of urea groups is 1. The fourth-order valence-electron chi connectivity index (χ4n) is 1.99. The third kappa shape index (κ3) is 3.89. The maximum atomic E-state index is 12.2. The Morgan fingerprint density at radius 2 is 2.23 bits per heavy atom. The molecule has 2 heterocycles. The van der Waals surface area contributed by atoms with E-state index in [-0.39, 0.29) is 18.7 Å². The predicted octanol–water partition coefficient (Wildman–Crippen LogP) is 1.12. The van der Waals surface area contributed by atoms with E-state index in [1.165, 1.54) is 23.1 Å². The number of esters is 1. The summed E-state index contributed by atoms with van der Waals surface area (Å²) in [4.78, 5) is 23.9. The highest BCUT2D eigenvalue weighted by Gasteiger charge is 2.31. The molecular weight excluding hydrogens is 326 g/mol. The molecule has 4 N–H and O–H groups in total. The molecule has 0 bridgehead atoms. The van der Waals surface area contributed by atoms with Crippen LogP contribution in [0.5, 0.6) is 0 Å². The van der Waals surface area contributed by atoms with Crippen LogP contribution in [0.25, 0.3) is 0 Å². The van der Waals surface area contributed by atoms with Gasteiger partial charge in [0, 0.05) is 11.4 Å². The van der Waals surface area contributed by atoms with E-state index in [1.54, 1.807) is 6.92 Å². The zero-order valence-electron chi connectivity index (χ0n) is 12.2. The van der Waals surface area contributed by atoms with Crippen LogP contribution in [0.2, 0.25) is 0 Å². The number of ether oxygens (including phenoxy) is 1. The lowest BCUT2D eigenvalue weighted by Gasteiger charge is -2.28. The maximum absolute atomic E-state index is 12.2. The topological polar surface area (TPSA) is 119 Å². The quantitative estimate of drug-likeness (QED) is 0.523. The number of hydrogen-bond donors (Lipinski definition) is 3. The van der Waals surface area contributed by atoms with Crippen molar-refractivity contribution in [2.75, 3.05) is 18.1 Å². The van der Waals surface area contributed by atoms with Gasteiger partial charge in [-0.25, -0.2) is 9.59 Å². The number of aromatic nitrogens is 2. The van der Waals surface area contributed by atoms with Gasteiger partial charge in [0.1, 0.15) is 0 Å². The van der Waals surface area contributed by atoms with Gasteiger partial charge in [0.2, 0.25) is 5.13 Å². The zero-order valence-corrected chi connectivity index (χ0v) is 13.8. The SMILES string of the molecule is CCOC(=O)C1=C(CSc2nnc(N)s2)NC(=O)N[C@H]1CC. The number of anilines is 1. The molecule has 8 nitrogen and oxygen atoms in total. The summed E-state index contributed by atoms with van der Waals surface area (Å²) in [5, 5.41) is 13.4. The first-order valence-electron chi connectivity index (χ1n) is 6.74. The minimum atomic E-state index is -0.422. The summed E-state index contributed by atoms with van der Waals surface area (Å²) >= 11 is 2.61. The van der Waals surface area contributed by atoms with Gasteiger partial charge in [-0.2, -0.15) is 0 Å². The van der Waals surface area contributed by atoms with E-state index in [2.05, 4.69) is 20.8 Å². The Morgan fingerprint density at radius 1 is 1.45 bits per heavy atom. The van der Waals surface area contributed by atoms with Crippen LogP contribution in [0.1, 0.15) is 20.3 Å². The number of thioether (sulfide) groups is 1. The van der Waals surface area contributed by atoms with Gasteiger partial charge < -0.3 is 21.1 Å². The molecule has 0 saturated carbocycles. The zero-order chi connectivity index (χ0) is 16.1. The number of amides is 2.